The molecule has 0 aliphatic carbocycles. The minimum atomic E-state index is -4.43. The number of halogens is 3. The molecule has 3 aromatic rings. The summed E-state index contributed by atoms with van der Waals surface area (Å²) in [5, 5.41) is 13.0. The van der Waals surface area contributed by atoms with Crippen LogP contribution in [0.3, 0.4) is 0 Å². The lowest BCUT2D eigenvalue weighted by Gasteiger charge is -2.19. The third-order valence-electron chi connectivity index (χ3n) is 4.46. The Labute approximate surface area is 186 Å². The van der Waals surface area contributed by atoms with Crippen molar-refractivity contribution in [1.82, 2.24) is 24.0 Å². The SMILES string of the molecule is CCc1nc2ncccn2c1C(=O)NCc1ccc(NCCN(C=N)SC(F)(F)F)cc1. The minimum Gasteiger partial charge on any atom is -0.383 e. The summed E-state index contributed by atoms with van der Waals surface area (Å²) < 4.78 is 39.6. The number of nitrogens with one attached hydrogen (secondary N) is 3. The van der Waals surface area contributed by atoms with Gasteiger partial charge in [-0.25, -0.2) is 9.97 Å². The largest absolute Gasteiger partial charge is 0.461 e. The van der Waals surface area contributed by atoms with E-state index in [0.717, 1.165) is 15.6 Å². The number of carbonyl (C=O) groups excluding carboxylic acids is 1. The average molecular weight is 466 g/mol. The molecule has 0 saturated heterocycles. The number of carbonyl (C=O) groups is 1. The van der Waals surface area contributed by atoms with Gasteiger partial charge in [-0.15, -0.1) is 0 Å². The first-order chi connectivity index (χ1) is 15.3. The summed E-state index contributed by atoms with van der Waals surface area (Å²) in [6.07, 6.45) is 4.62. The molecule has 0 atom stereocenters. The second kappa shape index (κ2) is 10.4. The predicted molar refractivity (Wildman–Crippen MR) is 118 cm³/mol. The number of rotatable bonds is 10. The zero-order valence-electron chi connectivity index (χ0n) is 17.2. The summed E-state index contributed by atoms with van der Waals surface area (Å²) >= 11 is -0.349. The van der Waals surface area contributed by atoms with Crippen LogP contribution in [0.5, 0.6) is 0 Å². The molecule has 2 heterocycles. The van der Waals surface area contributed by atoms with Crippen molar-refractivity contribution in [3.63, 3.8) is 0 Å². The van der Waals surface area contributed by atoms with Crippen molar-refractivity contribution in [3.05, 3.63) is 59.7 Å². The zero-order valence-corrected chi connectivity index (χ0v) is 18.0. The Hall–Kier alpha value is -3.28. The van der Waals surface area contributed by atoms with E-state index in [-0.39, 0.29) is 30.9 Å². The first-order valence-corrected chi connectivity index (χ1v) is 10.5. The quantitative estimate of drug-likeness (QED) is 0.240. The number of imidazole rings is 1. The standard InChI is InChI=1S/C20H22F3N7OS/c1-2-16-17(30-10-3-8-26-19(30)28-16)18(31)27-12-14-4-6-15(7-5-14)25-9-11-29(13-24)32-20(21,22)23/h3-8,10,13,24-25H,2,9,11-12H2,1H3,(H,27,31). The smallest absolute Gasteiger partial charge is 0.383 e. The Bertz CT molecular complexity index is 1070. The fourth-order valence-electron chi connectivity index (χ4n) is 3.01. The van der Waals surface area contributed by atoms with Gasteiger partial charge in [0.05, 0.1) is 24.0 Å². The van der Waals surface area contributed by atoms with E-state index in [1.54, 1.807) is 35.0 Å². The van der Waals surface area contributed by atoms with E-state index in [2.05, 4.69) is 20.6 Å². The highest BCUT2D eigenvalue weighted by molar-refractivity contribution is 7.98. The van der Waals surface area contributed by atoms with Crippen LogP contribution < -0.4 is 10.6 Å². The third kappa shape index (κ3) is 6.13. The van der Waals surface area contributed by atoms with E-state index >= 15 is 0 Å². The Morgan fingerprint density at radius 3 is 2.72 bits per heavy atom. The van der Waals surface area contributed by atoms with E-state index in [1.165, 1.54) is 0 Å². The van der Waals surface area contributed by atoms with Gasteiger partial charge in [0.2, 0.25) is 5.78 Å². The highest BCUT2D eigenvalue weighted by Crippen LogP contribution is 2.32. The molecule has 0 aliphatic heterocycles. The maximum Gasteiger partial charge on any atom is 0.461 e. The normalized spacial score (nSPS) is 11.4. The van der Waals surface area contributed by atoms with Crippen molar-refractivity contribution < 1.29 is 18.0 Å². The van der Waals surface area contributed by atoms with Crippen LogP contribution in [0, 0.1) is 5.41 Å². The van der Waals surface area contributed by atoms with Crippen LogP contribution in [-0.2, 0) is 13.0 Å². The van der Waals surface area contributed by atoms with Gasteiger partial charge in [0, 0.05) is 37.7 Å². The molecule has 0 radical (unpaired) electrons. The Morgan fingerprint density at radius 2 is 2.06 bits per heavy atom. The van der Waals surface area contributed by atoms with Crippen LogP contribution >= 0.6 is 11.9 Å². The summed E-state index contributed by atoms with van der Waals surface area (Å²) in [7, 11) is 0. The molecule has 170 valence electrons. The monoisotopic (exact) mass is 465 g/mol. The number of hydrogen-bond acceptors (Lipinski definition) is 6. The van der Waals surface area contributed by atoms with Crippen molar-refractivity contribution in [2.24, 2.45) is 0 Å². The lowest BCUT2D eigenvalue weighted by molar-refractivity contribution is -0.0350. The van der Waals surface area contributed by atoms with Crippen LogP contribution in [-0.4, -0.2) is 49.5 Å². The summed E-state index contributed by atoms with van der Waals surface area (Å²) in [4.78, 5) is 21.3. The van der Waals surface area contributed by atoms with E-state index < -0.39 is 5.51 Å². The fraction of sp³-hybridized carbons (Fsp3) is 0.300. The molecule has 0 fully saturated rings. The van der Waals surface area contributed by atoms with Crippen LogP contribution in [0.15, 0.2) is 42.7 Å². The number of benzene rings is 1. The third-order valence-corrected chi connectivity index (χ3v) is 5.19. The summed E-state index contributed by atoms with van der Waals surface area (Å²) in [6.45, 7) is 2.48. The first kappa shape index (κ1) is 23.4. The highest BCUT2D eigenvalue weighted by atomic mass is 32.2. The summed E-state index contributed by atoms with van der Waals surface area (Å²) in [5.41, 5.74) is -1.71. The number of aryl methyl sites for hydroxylation is 1. The van der Waals surface area contributed by atoms with Gasteiger partial charge in [0.1, 0.15) is 5.69 Å². The molecule has 3 N–H and O–H groups in total. The second-order valence-corrected chi connectivity index (χ2v) is 7.78. The zero-order chi connectivity index (χ0) is 23.1. The molecule has 0 unspecified atom stereocenters. The highest BCUT2D eigenvalue weighted by Gasteiger charge is 2.31. The van der Waals surface area contributed by atoms with Gasteiger partial charge >= 0.3 is 5.51 Å². The van der Waals surface area contributed by atoms with E-state index in [9.17, 15) is 18.0 Å². The van der Waals surface area contributed by atoms with Crippen molar-refractivity contribution in [1.29, 1.82) is 5.41 Å². The Kier molecular flexibility index (Phi) is 7.57. The van der Waals surface area contributed by atoms with Crippen LogP contribution in [0.4, 0.5) is 18.9 Å². The van der Waals surface area contributed by atoms with Crippen molar-refractivity contribution >= 4 is 35.7 Å². The van der Waals surface area contributed by atoms with Gasteiger partial charge in [-0.3, -0.25) is 18.9 Å². The molecular weight excluding hydrogens is 443 g/mol. The molecule has 0 saturated carbocycles. The summed E-state index contributed by atoms with van der Waals surface area (Å²) in [5.74, 6) is 0.221. The number of fused-ring (bicyclic) bond motifs is 1. The molecule has 32 heavy (non-hydrogen) atoms. The molecule has 3 rings (SSSR count). The number of aromatic nitrogens is 3. The predicted octanol–water partition coefficient (Wildman–Crippen LogP) is 3.71. The Morgan fingerprint density at radius 1 is 1.31 bits per heavy atom. The van der Waals surface area contributed by atoms with E-state index in [4.69, 9.17) is 5.41 Å². The summed E-state index contributed by atoms with van der Waals surface area (Å²) in [6, 6.07) is 8.93. The maximum absolute atomic E-state index is 12.8. The van der Waals surface area contributed by atoms with Gasteiger partial charge in [0.25, 0.3) is 5.91 Å². The number of alkyl halides is 3. The van der Waals surface area contributed by atoms with Crippen LogP contribution in [0.1, 0.15) is 28.7 Å². The van der Waals surface area contributed by atoms with Gasteiger partial charge in [-0.05, 0) is 30.2 Å². The molecule has 1 aromatic carbocycles. The second-order valence-electron chi connectivity index (χ2n) is 6.66. The first-order valence-electron chi connectivity index (χ1n) is 9.76. The number of hydrogen-bond donors (Lipinski definition) is 3. The van der Waals surface area contributed by atoms with Gasteiger partial charge in [0.15, 0.2) is 0 Å². The molecule has 1 amide bonds. The van der Waals surface area contributed by atoms with Gasteiger partial charge in [-0.2, -0.15) is 13.2 Å². The van der Waals surface area contributed by atoms with Crippen LogP contribution in [0.2, 0.25) is 0 Å². The molecule has 2 aromatic heterocycles. The molecule has 0 aliphatic rings. The molecule has 8 nitrogen and oxygen atoms in total. The lowest BCUT2D eigenvalue weighted by atomic mass is 10.2. The van der Waals surface area contributed by atoms with Crippen molar-refractivity contribution in [2.45, 2.75) is 25.4 Å². The van der Waals surface area contributed by atoms with Crippen LogP contribution in [0.25, 0.3) is 5.78 Å². The fourth-order valence-corrected chi connectivity index (χ4v) is 3.51. The van der Waals surface area contributed by atoms with Gasteiger partial charge in [-0.1, -0.05) is 19.1 Å². The maximum atomic E-state index is 12.8. The number of anilines is 1. The van der Waals surface area contributed by atoms with E-state index in [1.807, 2.05) is 19.1 Å². The van der Waals surface area contributed by atoms with E-state index in [0.29, 0.717) is 36.5 Å². The topological polar surface area (TPSA) is 98.4 Å². The lowest BCUT2D eigenvalue weighted by Crippen LogP contribution is -2.25. The van der Waals surface area contributed by atoms with Crippen molar-refractivity contribution in [3.8, 4) is 0 Å². The van der Waals surface area contributed by atoms with Gasteiger partial charge < -0.3 is 10.6 Å². The molecule has 0 spiro atoms. The molecule has 12 heteroatoms. The number of amides is 1. The minimum absolute atomic E-state index is 0.0133. The molecular formula is C20H22F3N7OS. The average Bonchev–Trinajstić information content (AvgIpc) is 3.15. The Balaban J connectivity index is 1.53. The molecule has 0 bridgehead atoms. The van der Waals surface area contributed by atoms with Crippen molar-refractivity contribution in [2.75, 3.05) is 18.4 Å². The number of nitrogens with zero attached hydrogens (tertiary/aromatic N) is 4.